The number of benzene rings is 1. The van der Waals surface area contributed by atoms with Crippen LogP contribution < -0.4 is 10.5 Å². The zero-order valence-corrected chi connectivity index (χ0v) is 11.3. The number of rotatable bonds is 4. The third-order valence-corrected chi connectivity index (χ3v) is 2.68. The van der Waals surface area contributed by atoms with Gasteiger partial charge in [-0.3, -0.25) is 0 Å². The van der Waals surface area contributed by atoms with E-state index in [2.05, 4.69) is 39.8 Å². The van der Waals surface area contributed by atoms with E-state index < -0.39 is 0 Å². The molecule has 1 aromatic rings. The third-order valence-electron chi connectivity index (χ3n) is 2.68. The van der Waals surface area contributed by atoms with E-state index in [0.717, 1.165) is 5.75 Å². The number of aryl methyl sites for hydroxylation is 1. The molecular formula is C15H23NO. The standard InChI is InChI=1S/C15H23NO/c1-12-11-13(15(2,3)4)7-8-14(12)17-10-6-5-9-16/h5-8,11H,9-10,16H2,1-4H3. The highest BCUT2D eigenvalue weighted by atomic mass is 16.5. The Kier molecular flexibility index (Phi) is 4.76. The van der Waals surface area contributed by atoms with E-state index in [1.54, 1.807) is 0 Å². The van der Waals surface area contributed by atoms with E-state index in [9.17, 15) is 0 Å². The highest BCUT2D eigenvalue weighted by molar-refractivity contribution is 5.38. The Bertz CT molecular complexity index is 388. The van der Waals surface area contributed by atoms with Crippen molar-refractivity contribution in [2.75, 3.05) is 13.2 Å². The minimum absolute atomic E-state index is 0.183. The van der Waals surface area contributed by atoms with Crippen molar-refractivity contribution < 1.29 is 4.74 Å². The van der Waals surface area contributed by atoms with Gasteiger partial charge in [0.05, 0.1) is 0 Å². The molecular weight excluding hydrogens is 210 g/mol. The van der Waals surface area contributed by atoms with Gasteiger partial charge in [-0.1, -0.05) is 45.1 Å². The summed E-state index contributed by atoms with van der Waals surface area (Å²) in [6.45, 7) is 9.86. The minimum Gasteiger partial charge on any atom is -0.489 e. The summed E-state index contributed by atoms with van der Waals surface area (Å²) in [4.78, 5) is 0. The van der Waals surface area contributed by atoms with Gasteiger partial charge in [0, 0.05) is 6.54 Å². The van der Waals surface area contributed by atoms with E-state index in [1.165, 1.54) is 11.1 Å². The molecule has 0 radical (unpaired) electrons. The van der Waals surface area contributed by atoms with Crippen molar-refractivity contribution in [3.05, 3.63) is 41.5 Å². The van der Waals surface area contributed by atoms with E-state index >= 15 is 0 Å². The third kappa shape index (κ3) is 4.23. The van der Waals surface area contributed by atoms with Gasteiger partial charge in [0.1, 0.15) is 12.4 Å². The summed E-state index contributed by atoms with van der Waals surface area (Å²) < 4.78 is 5.66. The summed E-state index contributed by atoms with van der Waals surface area (Å²) in [6.07, 6.45) is 3.84. The smallest absolute Gasteiger partial charge is 0.122 e. The lowest BCUT2D eigenvalue weighted by atomic mass is 9.86. The summed E-state index contributed by atoms with van der Waals surface area (Å²) in [7, 11) is 0. The molecule has 0 bridgehead atoms. The quantitative estimate of drug-likeness (QED) is 0.811. The predicted octanol–water partition coefficient (Wildman–Crippen LogP) is 3.19. The molecule has 0 aliphatic heterocycles. The van der Waals surface area contributed by atoms with Crippen molar-refractivity contribution in [2.45, 2.75) is 33.1 Å². The molecule has 0 aromatic heterocycles. The molecule has 0 unspecified atom stereocenters. The van der Waals surface area contributed by atoms with Crippen LogP contribution in [-0.2, 0) is 5.41 Å². The molecule has 0 atom stereocenters. The molecule has 0 heterocycles. The highest BCUT2D eigenvalue weighted by Crippen LogP contribution is 2.27. The van der Waals surface area contributed by atoms with Gasteiger partial charge in [-0.05, 0) is 29.5 Å². The maximum atomic E-state index is 5.66. The molecule has 2 nitrogen and oxygen atoms in total. The van der Waals surface area contributed by atoms with Gasteiger partial charge >= 0.3 is 0 Å². The van der Waals surface area contributed by atoms with Gasteiger partial charge in [0.15, 0.2) is 0 Å². The van der Waals surface area contributed by atoms with Crippen molar-refractivity contribution in [1.29, 1.82) is 0 Å². The maximum Gasteiger partial charge on any atom is 0.122 e. The van der Waals surface area contributed by atoms with Crippen LogP contribution in [-0.4, -0.2) is 13.2 Å². The second-order valence-electron chi connectivity index (χ2n) is 5.25. The second-order valence-corrected chi connectivity index (χ2v) is 5.25. The predicted molar refractivity (Wildman–Crippen MR) is 73.6 cm³/mol. The van der Waals surface area contributed by atoms with Gasteiger partial charge < -0.3 is 10.5 Å². The normalized spacial score (nSPS) is 12.1. The van der Waals surface area contributed by atoms with Crippen LogP contribution in [0.5, 0.6) is 5.75 Å². The molecule has 1 rings (SSSR count). The summed E-state index contributed by atoms with van der Waals surface area (Å²) in [6, 6.07) is 6.38. The summed E-state index contributed by atoms with van der Waals surface area (Å²) in [5.41, 5.74) is 8.06. The number of hydrogen-bond donors (Lipinski definition) is 1. The van der Waals surface area contributed by atoms with Gasteiger partial charge in [-0.2, -0.15) is 0 Å². The molecule has 2 heteroatoms. The molecule has 0 fully saturated rings. The van der Waals surface area contributed by atoms with Gasteiger partial charge in [0.2, 0.25) is 0 Å². The minimum atomic E-state index is 0.183. The number of ether oxygens (including phenoxy) is 1. The topological polar surface area (TPSA) is 35.2 Å². The molecule has 0 aliphatic carbocycles. The van der Waals surface area contributed by atoms with Crippen LogP contribution in [0.3, 0.4) is 0 Å². The van der Waals surface area contributed by atoms with Crippen molar-refractivity contribution in [3.8, 4) is 5.75 Å². The molecule has 2 N–H and O–H groups in total. The zero-order chi connectivity index (χ0) is 12.9. The Balaban J connectivity index is 2.73. The number of hydrogen-bond acceptors (Lipinski definition) is 2. The van der Waals surface area contributed by atoms with E-state index in [4.69, 9.17) is 10.5 Å². The van der Waals surface area contributed by atoms with Gasteiger partial charge in [-0.15, -0.1) is 0 Å². The summed E-state index contributed by atoms with van der Waals surface area (Å²) in [5, 5.41) is 0. The van der Waals surface area contributed by atoms with Crippen LogP contribution in [0.15, 0.2) is 30.4 Å². The Hall–Kier alpha value is -1.28. The fourth-order valence-electron chi connectivity index (χ4n) is 1.58. The fourth-order valence-corrected chi connectivity index (χ4v) is 1.58. The van der Waals surface area contributed by atoms with Crippen LogP contribution in [0.25, 0.3) is 0 Å². The van der Waals surface area contributed by atoms with Crippen LogP contribution >= 0.6 is 0 Å². The van der Waals surface area contributed by atoms with Crippen molar-refractivity contribution in [2.24, 2.45) is 5.73 Å². The molecule has 17 heavy (non-hydrogen) atoms. The SMILES string of the molecule is Cc1cc(C(C)(C)C)ccc1OCC=CCN. The monoisotopic (exact) mass is 233 g/mol. The molecule has 0 aliphatic rings. The maximum absolute atomic E-state index is 5.66. The highest BCUT2D eigenvalue weighted by Gasteiger charge is 2.14. The average molecular weight is 233 g/mol. The first-order valence-corrected chi connectivity index (χ1v) is 6.04. The average Bonchev–Trinajstić information content (AvgIpc) is 2.24. The zero-order valence-electron chi connectivity index (χ0n) is 11.3. The fraction of sp³-hybridized carbons (Fsp3) is 0.467. The molecule has 94 valence electrons. The molecule has 1 aromatic carbocycles. The van der Waals surface area contributed by atoms with Crippen LogP contribution in [0.1, 0.15) is 31.9 Å². The number of nitrogens with two attached hydrogens (primary N) is 1. The van der Waals surface area contributed by atoms with E-state index in [0.29, 0.717) is 13.2 Å². The summed E-state index contributed by atoms with van der Waals surface area (Å²) >= 11 is 0. The second kappa shape index (κ2) is 5.87. The Morgan fingerprint density at radius 3 is 2.47 bits per heavy atom. The molecule has 0 saturated carbocycles. The van der Waals surface area contributed by atoms with Crippen LogP contribution in [0.2, 0.25) is 0 Å². The first kappa shape index (κ1) is 13.8. The Labute approximate surface area is 104 Å². The Morgan fingerprint density at radius 2 is 1.94 bits per heavy atom. The van der Waals surface area contributed by atoms with E-state index in [-0.39, 0.29) is 5.41 Å². The van der Waals surface area contributed by atoms with Gasteiger partial charge in [0.25, 0.3) is 0 Å². The lowest BCUT2D eigenvalue weighted by Gasteiger charge is -2.20. The van der Waals surface area contributed by atoms with E-state index in [1.807, 2.05) is 18.2 Å². The molecule has 0 spiro atoms. The summed E-state index contributed by atoms with van der Waals surface area (Å²) in [5.74, 6) is 0.944. The van der Waals surface area contributed by atoms with Crippen molar-refractivity contribution in [3.63, 3.8) is 0 Å². The lowest BCUT2D eigenvalue weighted by molar-refractivity contribution is 0.359. The van der Waals surface area contributed by atoms with Gasteiger partial charge in [-0.25, -0.2) is 0 Å². The molecule has 0 saturated heterocycles. The van der Waals surface area contributed by atoms with Crippen molar-refractivity contribution >= 4 is 0 Å². The molecule has 0 amide bonds. The van der Waals surface area contributed by atoms with Crippen LogP contribution in [0.4, 0.5) is 0 Å². The van der Waals surface area contributed by atoms with Crippen molar-refractivity contribution in [1.82, 2.24) is 0 Å². The van der Waals surface area contributed by atoms with Crippen LogP contribution in [0, 0.1) is 6.92 Å². The first-order chi connectivity index (χ1) is 7.95. The Morgan fingerprint density at radius 1 is 1.24 bits per heavy atom. The largest absolute Gasteiger partial charge is 0.489 e. The first-order valence-electron chi connectivity index (χ1n) is 6.04. The lowest BCUT2D eigenvalue weighted by Crippen LogP contribution is -2.11.